The van der Waals surface area contributed by atoms with Crippen molar-refractivity contribution in [2.24, 2.45) is 0 Å². The van der Waals surface area contributed by atoms with E-state index in [-0.39, 0.29) is 11.8 Å². The predicted octanol–water partition coefficient (Wildman–Crippen LogP) is 5.17. The number of carbonyl (C=O) groups is 2. The number of nitrogens with zero attached hydrogens (tertiary/aromatic N) is 6. The number of imidazole rings is 1. The lowest BCUT2D eigenvalue weighted by molar-refractivity contribution is 0.0303. The second-order valence-corrected chi connectivity index (χ2v) is 11.3. The summed E-state index contributed by atoms with van der Waals surface area (Å²) in [4.78, 5) is 39.5. The Labute approximate surface area is 260 Å². The molecule has 0 bridgehead atoms. The molecule has 0 aliphatic carbocycles. The molecule has 228 valence electrons. The van der Waals surface area contributed by atoms with Crippen molar-refractivity contribution < 1.29 is 14.3 Å². The van der Waals surface area contributed by atoms with Crippen LogP contribution in [0.25, 0.3) is 17.0 Å². The number of nitrogens with one attached hydrogen (secondary N) is 2. The van der Waals surface area contributed by atoms with E-state index in [0.717, 1.165) is 35.6 Å². The van der Waals surface area contributed by atoms with Gasteiger partial charge in [0.2, 0.25) is 0 Å². The van der Waals surface area contributed by atoms with Crippen LogP contribution in [0.3, 0.4) is 0 Å². The molecule has 11 heteroatoms. The number of hydrogen-bond donors (Lipinski definition) is 2. The molecule has 2 aromatic heterocycles. The van der Waals surface area contributed by atoms with Crippen molar-refractivity contribution in [2.45, 2.75) is 19.8 Å². The molecule has 2 saturated heterocycles. The number of morpholine rings is 1. The first-order chi connectivity index (χ1) is 22.0. The average molecular weight is 603 g/mol. The number of aromatic nitrogens is 4. The normalized spacial score (nSPS) is 15.0. The van der Waals surface area contributed by atoms with Gasteiger partial charge in [-0.05, 0) is 79.9 Å². The van der Waals surface area contributed by atoms with Crippen LogP contribution in [0.15, 0.2) is 79.1 Å². The van der Waals surface area contributed by atoms with E-state index in [2.05, 4.69) is 20.5 Å². The standard InChI is InChI=1S/C34H34N8O3/c1-23-28(5-4-6-29(23)37-33(43)24-9-13-27(14-10-24)40-16-2-3-17-40)30-38-31(32-35-15-18-42(32)39-30)36-26-11-7-25(8-12-26)34(44)41-19-21-45-22-20-41/h4-15,18H,2-3,16-17,19-22H2,1H3,(H,37,43)(H,36,38,39). The monoisotopic (exact) mass is 602 g/mol. The predicted molar refractivity (Wildman–Crippen MR) is 173 cm³/mol. The fraction of sp³-hybridized carbons (Fsp3) is 0.265. The minimum Gasteiger partial charge on any atom is -0.378 e. The molecule has 2 aliphatic heterocycles. The average Bonchev–Trinajstić information content (AvgIpc) is 3.80. The van der Waals surface area contributed by atoms with Crippen molar-refractivity contribution in [1.29, 1.82) is 0 Å². The van der Waals surface area contributed by atoms with Gasteiger partial charge in [-0.3, -0.25) is 9.59 Å². The molecule has 0 atom stereocenters. The third kappa shape index (κ3) is 5.94. The number of carbonyl (C=O) groups excluding carboxylic acids is 2. The van der Waals surface area contributed by atoms with Gasteiger partial charge in [0, 0.05) is 72.3 Å². The highest BCUT2D eigenvalue weighted by Crippen LogP contribution is 2.29. The number of hydrogen-bond acceptors (Lipinski definition) is 8. The summed E-state index contributed by atoms with van der Waals surface area (Å²) in [5.41, 5.74) is 6.00. The van der Waals surface area contributed by atoms with Crippen molar-refractivity contribution in [3.05, 3.63) is 95.8 Å². The molecule has 2 aliphatic rings. The Balaban J connectivity index is 1.11. The number of rotatable bonds is 7. The summed E-state index contributed by atoms with van der Waals surface area (Å²) < 4.78 is 7.04. The molecule has 0 saturated carbocycles. The van der Waals surface area contributed by atoms with Crippen molar-refractivity contribution in [2.75, 3.05) is 54.9 Å². The molecule has 7 rings (SSSR count). The molecule has 2 amide bonds. The van der Waals surface area contributed by atoms with Gasteiger partial charge < -0.3 is 25.2 Å². The third-order valence-electron chi connectivity index (χ3n) is 8.37. The highest BCUT2D eigenvalue weighted by molar-refractivity contribution is 6.05. The lowest BCUT2D eigenvalue weighted by Gasteiger charge is -2.26. The largest absolute Gasteiger partial charge is 0.378 e. The summed E-state index contributed by atoms with van der Waals surface area (Å²) in [5, 5.41) is 11.1. The van der Waals surface area contributed by atoms with E-state index in [1.54, 1.807) is 33.9 Å². The maximum Gasteiger partial charge on any atom is 0.255 e. The van der Waals surface area contributed by atoms with Crippen LogP contribution in [0.4, 0.5) is 22.9 Å². The van der Waals surface area contributed by atoms with Gasteiger partial charge in [-0.25, -0.2) is 14.5 Å². The quantitative estimate of drug-likeness (QED) is 0.262. The van der Waals surface area contributed by atoms with E-state index in [1.165, 1.54) is 12.8 Å². The molecule has 0 unspecified atom stereocenters. The molecule has 2 fully saturated rings. The molecule has 2 N–H and O–H groups in total. The molecule has 0 spiro atoms. The highest BCUT2D eigenvalue weighted by atomic mass is 16.5. The zero-order chi connectivity index (χ0) is 30.8. The SMILES string of the molecule is Cc1c(NC(=O)c2ccc(N3CCCC3)cc2)cccc1-c1nc(Nc2ccc(C(=O)N3CCOCC3)cc2)c2nccn2n1. The Morgan fingerprint density at radius 3 is 2.36 bits per heavy atom. The lowest BCUT2D eigenvalue weighted by Crippen LogP contribution is -2.40. The Bertz CT molecular complexity index is 1840. The first kappa shape index (κ1) is 28.5. The summed E-state index contributed by atoms with van der Waals surface area (Å²) in [6.45, 7) is 6.37. The molecular formula is C34H34N8O3. The van der Waals surface area contributed by atoms with Crippen LogP contribution in [-0.2, 0) is 4.74 Å². The van der Waals surface area contributed by atoms with E-state index >= 15 is 0 Å². The minimum atomic E-state index is -0.174. The van der Waals surface area contributed by atoms with Crippen molar-refractivity contribution in [3.8, 4) is 11.4 Å². The van der Waals surface area contributed by atoms with Crippen LogP contribution in [-0.4, -0.2) is 75.7 Å². The van der Waals surface area contributed by atoms with Gasteiger partial charge in [0.15, 0.2) is 17.3 Å². The van der Waals surface area contributed by atoms with Crippen molar-refractivity contribution >= 4 is 40.3 Å². The highest BCUT2D eigenvalue weighted by Gasteiger charge is 2.20. The number of ether oxygens (including phenoxy) is 1. The Morgan fingerprint density at radius 2 is 1.60 bits per heavy atom. The number of amides is 2. The number of anilines is 4. The van der Waals surface area contributed by atoms with Crippen molar-refractivity contribution in [3.63, 3.8) is 0 Å². The molecule has 5 aromatic rings. The maximum atomic E-state index is 13.2. The van der Waals surface area contributed by atoms with E-state index < -0.39 is 0 Å². The van der Waals surface area contributed by atoms with Gasteiger partial charge in [0.1, 0.15) is 0 Å². The van der Waals surface area contributed by atoms with E-state index in [4.69, 9.17) is 14.8 Å². The second kappa shape index (κ2) is 12.4. The van der Waals surface area contributed by atoms with Gasteiger partial charge in [-0.2, -0.15) is 0 Å². The lowest BCUT2D eigenvalue weighted by atomic mass is 10.1. The topological polar surface area (TPSA) is 117 Å². The minimum absolute atomic E-state index is 0.00800. The summed E-state index contributed by atoms with van der Waals surface area (Å²) in [6.07, 6.45) is 5.85. The Morgan fingerprint density at radius 1 is 0.867 bits per heavy atom. The molecular weight excluding hydrogens is 568 g/mol. The van der Waals surface area contributed by atoms with Gasteiger partial charge in [-0.15, -0.1) is 5.10 Å². The van der Waals surface area contributed by atoms with Crippen molar-refractivity contribution in [1.82, 2.24) is 24.5 Å². The van der Waals surface area contributed by atoms with Gasteiger partial charge in [0.25, 0.3) is 11.8 Å². The van der Waals surface area contributed by atoms with Gasteiger partial charge >= 0.3 is 0 Å². The van der Waals surface area contributed by atoms with Gasteiger partial charge in [-0.1, -0.05) is 12.1 Å². The summed E-state index contributed by atoms with van der Waals surface area (Å²) >= 11 is 0. The summed E-state index contributed by atoms with van der Waals surface area (Å²) in [5.74, 6) is 0.813. The molecule has 0 radical (unpaired) electrons. The summed E-state index contributed by atoms with van der Waals surface area (Å²) in [6, 6.07) is 20.8. The van der Waals surface area contributed by atoms with Crippen LogP contribution in [0.5, 0.6) is 0 Å². The molecule has 4 heterocycles. The Kier molecular flexibility index (Phi) is 7.83. The van der Waals surface area contributed by atoms with Crippen LogP contribution in [0.2, 0.25) is 0 Å². The maximum absolute atomic E-state index is 13.2. The second-order valence-electron chi connectivity index (χ2n) is 11.3. The fourth-order valence-corrected chi connectivity index (χ4v) is 5.81. The van der Waals surface area contributed by atoms with E-state index in [1.807, 2.05) is 61.5 Å². The number of benzene rings is 3. The van der Waals surface area contributed by atoms with Crippen LogP contribution in [0, 0.1) is 6.92 Å². The smallest absolute Gasteiger partial charge is 0.255 e. The summed E-state index contributed by atoms with van der Waals surface area (Å²) in [7, 11) is 0. The van der Waals surface area contributed by atoms with Crippen LogP contribution >= 0.6 is 0 Å². The Hall–Kier alpha value is -5.29. The zero-order valence-corrected chi connectivity index (χ0v) is 25.1. The third-order valence-corrected chi connectivity index (χ3v) is 8.37. The first-order valence-corrected chi connectivity index (χ1v) is 15.3. The molecule has 11 nitrogen and oxygen atoms in total. The van der Waals surface area contributed by atoms with E-state index in [0.29, 0.717) is 60.4 Å². The first-order valence-electron chi connectivity index (χ1n) is 15.3. The zero-order valence-electron chi connectivity index (χ0n) is 25.1. The fourth-order valence-electron chi connectivity index (χ4n) is 5.81. The van der Waals surface area contributed by atoms with E-state index in [9.17, 15) is 9.59 Å². The van der Waals surface area contributed by atoms with Crippen LogP contribution < -0.4 is 15.5 Å². The molecule has 45 heavy (non-hydrogen) atoms. The van der Waals surface area contributed by atoms with Crippen LogP contribution in [0.1, 0.15) is 39.1 Å². The van der Waals surface area contributed by atoms with Gasteiger partial charge in [0.05, 0.1) is 13.2 Å². The number of fused-ring (bicyclic) bond motifs is 1. The molecule has 3 aromatic carbocycles.